The second-order valence-electron chi connectivity index (χ2n) is 5.06. The van der Waals surface area contributed by atoms with Crippen molar-refractivity contribution in [3.05, 3.63) is 42.7 Å². The van der Waals surface area contributed by atoms with Gasteiger partial charge in [-0.05, 0) is 19.1 Å². The maximum absolute atomic E-state index is 12.0. The van der Waals surface area contributed by atoms with E-state index in [-0.39, 0.29) is 24.4 Å². The summed E-state index contributed by atoms with van der Waals surface area (Å²) in [6.07, 6.45) is 1.63. The molecular formula is C16H20N4O2. The van der Waals surface area contributed by atoms with E-state index in [1.807, 2.05) is 35.8 Å². The zero-order valence-corrected chi connectivity index (χ0v) is 12.8. The van der Waals surface area contributed by atoms with Crippen LogP contribution in [-0.2, 0) is 16.1 Å². The maximum Gasteiger partial charge on any atom is 0.240 e. The predicted octanol–water partition coefficient (Wildman–Crippen LogP) is 1.54. The number of rotatable bonds is 6. The number of carbonyl (C=O) groups excluding carboxylic acids is 2. The highest BCUT2D eigenvalue weighted by Crippen LogP contribution is 2.20. The summed E-state index contributed by atoms with van der Waals surface area (Å²) in [5, 5.41) is 5.56. The van der Waals surface area contributed by atoms with Crippen molar-refractivity contribution in [3.63, 3.8) is 0 Å². The monoisotopic (exact) mass is 300 g/mol. The molecule has 1 aromatic heterocycles. The molecule has 0 spiro atoms. The normalized spacial score (nSPS) is 11.9. The molecule has 6 nitrogen and oxygen atoms in total. The second kappa shape index (κ2) is 6.89. The third-order valence-corrected chi connectivity index (χ3v) is 3.24. The summed E-state index contributed by atoms with van der Waals surface area (Å²) in [5.74, 6) is 0.395. The molecule has 1 atom stereocenters. The number of aromatic nitrogens is 2. The molecule has 2 amide bonds. The van der Waals surface area contributed by atoms with Crippen LogP contribution >= 0.6 is 0 Å². The van der Waals surface area contributed by atoms with Crippen LogP contribution in [0.1, 0.15) is 25.7 Å². The lowest BCUT2D eigenvalue weighted by molar-refractivity contribution is -0.121. The number of carbonyl (C=O) groups is 2. The van der Waals surface area contributed by atoms with Crippen LogP contribution in [0, 0.1) is 0 Å². The fourth-order valence-corrected chi connectivity index (χ4v) is 2.35. The molecule has 1 aromatic carbocycles. The number of para-hydroxylation sites is 2. The van der Waals surface area contributed by atoms with Crippen molar-refractivity contribution in [1.82, 2.24) is 20.2 Å². The van der Waals surface area contributed by atoms with Gasteiger partial charge < -0.3 is 15.2 Å². The first-order valence-electron chi connectivity index (χ1n) is 7.12. The Morgan fingerprint density at radius 2 is 2.14 bits per heavy atom. The maximum atomic E-state index is 12.0. The molecule has 0 aliphatic heterocycles. The Kier molecular flexibility index (Phi) is 4.93. The van der Waals surface area contributed by atoms with E-state index in [1.165, 1.54) is 6.92 Å². The van der Waals surface area contributed by atoms with Crippen LogP contribution in [0.3, 0.4) is 0 Å². The van der Waals surface area contributed by atoms with Gasteiger partial charge in [-0.3, -0.25) is 9.59 Å². The third-order valence-electron chi connectivity index (χ3n) is 3.24. The van der Waals surface area contributed by atoms with E-state index in [1.54, 1.807) is 6.08 Å². The molecule has 2 rings (SSSR count). The summed E-state index contributed by atoms with van der Waals surface area (Å²) in [6.45, 7) is 7.45. The number of amides is 2. The van der Waals surface area contributed by atoms with E-state index >= 15 is 0 Å². The van der Waals surface area contributed by atoms with E-state index in [2.05, 4.69) is 22.2 Å². The molecule has 2 aromatic rings. The molecule has 0 fully saturated rings. The molecule has 6 heteroatoms. The molecule has 0 radical (unpaired) electrons. The average molecular weight is 300 g/mol. The van der Waals surface area contributed by atoms with E-state index < -0.39 is 0 Å². The molecule has 0 saturated carbocycles. The molecule has 116 valence electrons. The second-order valence-corrected chi connectivity index (χ2v) is 5.06. The molecule has 0 saturated heterocycles. The van der Waals surface area contributed by atoms with Crippen molar-refractivity contribution in [1.29, 1.82) is 0 Å². The number of nitrogens with one attached hydrogen (secondary N) is 2. The predicted molar refractivity (Wildman–Crippen MR) is 85.2 cm³/mol. The van der Waals surface area contributed by atoms with Crippen LogP contribution in [0.4, 0.5) is 0 Å². The molecule has 22 heavy (non-hydrogen) atoms. The van der Waals surface area contributed by atoms with E-state index in [9.17, 15) is 9.59 Å². The van der Waals surface area contributed by atoms with Crippen LogP contribution in [0.15, 0.2) is 36.9 Å². The average Bonchev–Trinajstić information content (AvgIpc) is 2.83. The lowest BCUT2D eigenvalue weighted by Crippen LogP contribution is -2.31. The first-order chi connectivity index (χ1) is 10.5. The van der Waals surface area contributed by atoms with E-state index in [0.29, 0.717) is 12.4 Å². The van der Waals surface area contributed by atoms with Gasteiger partial charge in [0.25, 0.3) is 0 Å². The molecular weight excluding hydrogens is 280 g/mol. The smallest absolute Gasteiger partial charge is 0.240 e. The fraction of sp³-hybridized carbons (Fsp3) is 0.312. The number of benzene rings is 1. The van der Waals surface area contributed by atoms with Crippen molar-refractivity contribution in [2.45, 2.75) is 26.4 Å². The Balaban J connectivity index is 2.37. The Bertz CT molecular complexity index is 705. The van der Waals surface area contributed by atoms with Crippen molar-refractivity contribution in [2.75, 3.05) is 6.54 Å². The molecule has 2 N–H and O–H groups in total. The quantitative estimate of drug-likeness (QED) is 0.794. The van der Waals surface area contributed by atoms with Gasteiger partial charge in [0.2, 0.25) is 11.8 Å². The Labute approximate surface area is 129 Å². The van der Waals surface area contributed by atoms with Gasteiger partial charge in [-0.1, -0.05) is 18.2 Å². The minimum absolute atomic E-state index is 0.126. The number of fused-ring (bicyclic) bond motifs is 1. The van der Waals surface area contributed by atoms with Crippen LogP contribution in [-0.4, -0.2) is 27.9 Å². The fourth-order valence-electron chi connectivity index (χ4n) is 2.35. The van der Waals surface area contributed by atoms with Crippen molar-refractivity contribution >= 4 is 22.8 Å². The minimum Gasteiger partial charge on any atom is -0.351 e. The van der Waals surface area contributed by atoms with E-state index in [4.69, 9.17) is 0 Å². The lowest BCUT2D eigenvalue weighted by atomic mass is 10.3. The first-order valence-corrected chi connectivity index (χ1v) is 7.12. The first kappa shape index (κ1) is 15.8. The van der Waals surface area contributed by atoms with Gasteiger partial charge in [-0.2, -0.15) is 0 Å². The van der Waals surface area contributed by atoms with Crippen LogP contribution in [0.25, 0.3) is 11.0 Å². The molecule has 0 bridgehead atoms. The summed E-state index contributed by atoms with van der Waals surface area (Å²) in [6, 6.07) is 7.31. The number of hydrogen-bond donors (Lipinski definition) is 2. The lowest BCUT2D eigenvalue weighted by Gasteiger charge is -2.15. The largest absolute Gasteiger partial charge is 0.351 e. The van der Waals surface area contributed by atoms with Gasteiger partial charge in [-0.15, -0.1) is 6.58 Å². The molecule has 0 aliphatic rings. The number of imidazole rings is 1. The highest BCUT2D eigenvalue weighted by atomic mass is 16.2. The van der Waals surface area contributed by atoms with Gasteiger partial charge in [0, 0.05) is 13.5 Å². The zero-order chi connectivity index (χ0) is 16.1. The number of nitrogens with zero attached hydrogens (tertiary/aromatic N) is 2. The Morgan fingerprint density at radius 1 is 1.41 bits per heavy atom. The molecule has 1 heterocycles. The van der Waals surface area contributed by atoms with Crippen LogP contribution < -0.4 is 10.6 Å². The van der Waals surface area contributed by atoms with Gasteiger partial charge in [0.05, 0.1) is 17.1 Å². The van der Waals surface area contributed by atoms with Crippen molar-refractivity contribution < 1.29 is 9.59 Å². The Hall–Kier alpha value is -2.63. The van der Waals surface area contributed by atoms with Gasteiger partial charge in [0.1, 0.15) is 12.4 Å². The summed E-state index contributed by atoms with van der Waals surface area (Å²) in [4.78, 5) is 27.8. The van der Waals surface area contributed by atoms with Crippen LogP contribution in [0.2, 0.25) is 0 Å². The highest BCUT2D eigenvalue weighted by Gasteiger charge is 2.18. The molecule has 1 unspecified atom stereocenters. The topological polar surface area (TPSA) is 76.0 Å². The summed E-state index contributed by atoms with van der Waals surface area (Å²) >= 11 is 0. The van der Waals surface area contributed by atoms with Crippen molar-refractivity contribution in [2.24, 2.45) is 0 Å². The minimum atomic E-state index is -0.280. The molecule has 0 aliphatic carbocycles. The van der Waals surface area contributed by atoms with Crippen molar-refractivity contribution in [3.8, 4) is 0 Å². The standard InChI is InChI=1S/C16H20N4O2/c1-4-9-17-15(22)10-20-14-8-6-5-7-13(14)19-16(20)11(2)18-12(3)21/h4-8,11H,1,9-10H2,2-3H3,(H,17,22)(H,18,21). The Morgan fingerprint density at radius 3 is 2.82 bits per heavy atom. The van der Waals surface area contributed by atoms with Gasteiger partial charge in [0.15, 0.2) is 0 Å². The SMILES string of the molecule is C=CCNC(=O)Cn1c(C(C)NC(C)=O)nc2ccccc21. The van der Waals surface area contributed by atoms with E-state index in [0.717, 1.165) is 11.0 Å². The zero-order valence-electron chi connectivity index (χ0n) is 12.8. The summed E-state index contributed by atoms with van der Waals surface area (Å²) < 4.78 is 1.83. The summed E-state index contributed by atoms with van der Waals surface area (Å²) in [5.41, 5.74) is 1.66. The number of hydrogen-bond acceptors (Lipinski definition) is 3. The van der Waals surface area contributed by atoms with Gasteiger partial charge in [-0.25, -0.2) is 4.98 Å². The third kappa shape index (κ3) is 3.52. The summed E-state index contributed by atoms with van der Waals surface area (Å²) in [7, 11) is 0. The highest BCUT2D eigenvalue weighted by molar-refractivity contribution is 5.81. The van der Waals surface area contributed by atoms with Gasteiger partial charge >= 0.3 is 0 Å². The van der Waals surface area contributed by atoms with Crippen LogP contribution in [0.5, 0.6) is 0 Å².